The number of nitrogens with two attached hydrogens (primary N) is 1. The molecule has 0 unspecified atom stereocenters. The molecule has 136 valence electrons. The van der Waals surface area contributed by atoms with Crippen molar-refractivity contribution in [2.75, 3.05) is 0 Å². The molecule has 4 N–H and O–H groups in total. The molecule has 0 saturated carbocycles. The van der Waals surface area contributed by atoms with E-state index in [2.05, 4.69) is 5.32 Å². The zero-order valence-electron chi connectivity index (χ0n) is 15.0. The van der Waals surface area contributed by atoms with E-state index in [1.165, 1.54) is 0 Å². The molecule has 5 nitrogen and oxygen atoms in total. The van der Waals surface area contributed by atoms with Crippen molar-refractivity contribution < 1.29 is 14.7 Å². The summed E-state index contributed by atoms with van der Waals surface area (Å²) >= 11 is 0. The molecule has 1 aliphatic rings. The van der Waals surface area contributed by atoms with Gasteiger partial charge in [-0.25, -0.2) is 0 Å². The van der Waals surface area contributed by atoms with Crippen LogP contribution in [0.3, 0.4) is 0 Å². The smallest absolute Gasteiger partial charge is 0.249 e. The van der Waals surface area contributed by atoms with Gasteiger partial charge in [0.25, 0.3) is 0 Å². The molecule has 2 amide bonds. The van der Waals surface area contributed by atoms with Crippen molar-refractivity contribution in [3.8, 4) is 11.1 Å². The second-order valence-electron chi connectivity index (χ2n) is 7.19. The second kappa shape index (κ2) is 7.30. The van der Waals surface area contributed by atoms with Crippen LogP contribution in [0, 0.1) is 5.92 Å². The molecular formula is C21H24N2O3. The van der Waals surface area contributed by atoms with Crippen molar-refractivity contribution in [1.82, 2.24) is 5.32 Å². The molecule has 1 aliphatic carbocycles. The first-order valence-corrected chi connectivity index (χ1v) is 8.86. The molecule has 26 heavy (non-hydrogen) atoms. The maximum absolute atomic E-state index is 12.4. The van der Waals surface area contributed by atoms with E-state index in [9.17, 15) is 14.7 Å². The van der Waals surface area contributed by atoms with Crippen LogP contribution in [0.25, 0.3) is 11.1 Å². The molecule has 2 aromatic carbocycles. The molecule has 0 aliphatic heterocycles. The number of hydrogen-bond acceptors (Lipinski definition) is 3. The van der Waals surface area contributed by atoms with Gasteiger partial charge in [-0.1, -0.05) is 62.4 Å². The van der Waals surface area contributed by atoms with Crippen LogP contribution in [0.15, 0.2) is 48.5 Å². The number of hydrogen-bond donors (Lipinski definition) is 3. The Balaban J connectivity index is 1.96. The fourth-order valence-electron chi connectivity index (χ4n) is 3.68. The summed E-state index contributed by atoms with van der Waals surface area (Å²) < 4.78 is 0. The van der Waals surface area contributed by atoms with Gasteiger partial charge in [0, 0.05) is 5.92 Å². The van der Waals surface area contributed by atoms with Crippen LogP contribution in [-0.2, 0) is 9.59 Å². The molecule has 2 aromatic rings. The minimum atomic E-state index is -1.16. The van der Waals surface area contributed by atoms with E-state index in [1.54, 1.807) is 0 Å². The molecule has 0 fully saturated rings. The van der Waals surface area contributed by atoms with Gasteiger partial charge in [0.1, 0.15) is 12.1 Å². The summed E-state index contributed by atoms with van der Waals surface area (Å²) in [6.45, 7) is 3.84. The van der Waals surface area contributed by atoms with Gasteiger partial charge >= 0.3 is 0 Å². The van der Waals surface area contributed by atoms with Crippen molar-refractivity contribution in [3.63, 3.8) is 0 Å². The molecule has 3 rings (SSSR count). The maximum Gasteiger partial charge on any atom is 0.249 e. The Hall–Kier alpha value is -2.66. The molecule has 0 radical (unpaired) electrons. The summed E-state index contributed by atoms with van der Waals surface area (Å²) in [6, 6.07) is 14.7. The lowest BCUT2D eigenvalue weighted by molar-refractivity contribution is -0.134. The Kier molecular flexibility index (Phi) is 5.09. The topological polar surface area (TPSA) is 92.4 Å². The average molecular weight is 352 g/mol. The monoisotopic (exact) mass is 352 g/mol. The van der Waals surface area contributed by atoms with E-state index in [0.717, 1.165) is 22.3 Å². The highest BCUT2D eigenvalue weighted by molar-refractivity contribution is 5.92. The van der Waals surface area contributed by atoms with Crippen molar-refractivity contribution in [1.29, 1.82) is 0 Å². The van der Waals surface area contributed by atoms with Gasteiger partial charge in [0.2, 0.25) is 11.8 Å². The predicted octanol–water partition coefficient (Wildman–Crippen LogP) is 2.18. The van der Waals surface area contributed by atoms with Gasteiger partial charge < -0.3 is 16.2 Å². The number of fused-ring (bicyclic) bond motifs is 3. The number of primary amides is 1. The molecular weight excluding hydrogens is 328 g/mol. The summed E-state index contributed by atoms with van der Waals surface area (Å²) in [5.74, 6) is -1.39. The maximum atomic E-state index is 12.4. The summed E-state index contributed by atoms with van der Waals surface area (Å²) in [4.78, 5) is 24.6. The number of carbonyl (C=O) groups excluding carboxylic acids is 2. The Morgan fingerprint density at radius 3 is 2.00 bits per heavy atom. The van der Waals surface area contributed by atoms with Crippen LogP contribution in [0.2, 0.25) is 0 Å². The average Bonchev–Trinajstić information content (AvgIpc) is 2.93. The van der Waals surface area contributed by atoms with Crippen LogP contribution in [0.4, 0.5) is 0 Å². The van der Waals surface area contributed by atoms with Crippen LogP contribution in [-0.4, -0.2) is 29.1 Å². The molecule has 5 heteroatoms. The lowest BCUT2D eigenvalue weighted by atomic mass is 9.88. The third kappa shape index (κ3) is 3.35. The van der Waals surface area contributed by atoms with Gasteiger partial charge in [-0.3, -0.25) is 9.59 Å². The number of benzene rings is 2. The number of rotatable bonds is 6. The molecule has 0 saturated heterocycles. The summed E-state index contributed by atoms with van der Waals surface area (Å²) in [5.41, 5.74) is 9.63. The van der Waals surface area contributed by atoms with Crippen LogP contribution in [0.1, 0.15) is 37.3 Å². The van der Waals surface area contributed by atoms with Gasteiger partial charge in [-0.05, 0) is 34.6 Å². The highest BCUT2D eigenvalue weighted by Crippen LogP contribution is 2.46. The summed E-state index contributed by atoms with van der Waals surface area (Å²) in [7, 11) is 0. The minimum Gasteiger partial charge on any atom is -0.383 e. The first-order valence-electron chi connectivity index (χ1n) is 8.86. The van der Waals surface area contributed by atoms with E-state index in [4.69, 9.17) is 5.73 Å². The molecule has 0 spiro atoms. The zero-order chi connectivity index (χ0) is 18.8. The van der Waals surface area contributed by atoms with E-state index >= 15 is 0 Å². The quantitative estimate of drug-likeness (QED) is 0.744. The summed E-state index contributed by atoms with van der Waals surface area (Å²) in [5, 5.41) is 12.8. The highest BCUT2D eigenvalue weighted by atomic mass is 16.3. The van der Waals surface area contributed by atoms with Crippen molar-refractivity contribution in [3.05, 3.63) is 59.7 Å². The van der Waals surface area contributed by atoms with Crippen LogP contribution in [0.5, 0.6) is 0 Å². The normalized spacial score (nSPS) is 15.2. The van der Waals surface area contributed by atoms with Crippen LogP contribution >= 0.6 is 0 Å². The fourth-order valence-corrected chi connectivity index (χ4v) is 3.68. The first kappa shape index (κ1) is 18.1. The Bertz CT molecular complexity index is 786. The van der Waals surface area contributed by atoms with E-state index in [-0.39, 0.29) is 11.8 Å². The Morgan fingerprint density at radius 2 is 1.54 bits per heavy atom. The van der Waals surface area contributed by atoms with Crippen molar-refractivity contribution >= 4 is 11.8 Å². The lowest BCUT2D eigenvalue weighted by Crippen LogP contribution is -2.51. The minimum absolute atomic E-state index is 0.163. The Morgan fingerprint density at radius 1 is 1.04 bits per heavy atom. The lowest BCUT2D eigenvalue weighted by Gasteiger charge is -2.25. The predicted molar refractivity (Wildman–Crippen MR) is 100 cm³/mol. The third-order valence-electron chi connectivity index (χ3n) is 4.82. The molecule has 0 heterocycles. The van der Waals surface area contributed by atoms with Crippen molar-refractivity contribution in [2.45, 2.75) is 38.3 Å². The number of aliphatic hydroxyl groups is 1. The molecule has 2 atom stereocenters. The van der Waals surface area contributed by atoms with E-state index in [1.807, 2.05) is 62.4 Å². The number of carbonyl (C=O) groups is 2. The SMILES string of the molecule is CC(C)C[C@H](O)C(=O)N[C@H](C(N)=O)C1c2ccccc2-c2ccccc21. The number of nitrogens with one attached hydrogen (secondary N) is 1. The standard InChI is InChI=1S/C21H24N2O3/c1-12(2)11-17(24)21(26)23-19(20(22)25)18-15-9-5-3-7-13(15)14-8-4-6-10-16(14)18/h3-10,12,17-19,24H,11H2,1-2H3,(H2,22,25)(H,23,26)/t17-,19-/m0/s1. The summed E-state index contributed by atoms with van der Waals surface area (Å²) in [6.07, 6.45) is -0.835. The molecule has 0 bridgehead atoms. The molecule has 0 aromatic heterocycles. The number of aliphatic hydroxyl groups excluding tert-OH is 1. The Labute approximate surface area is 153 Å². The largest absolute Gasteiger partial charge is 0.383 e. The number of amides is 2. The third-order valence-corrected chi connectivity index (χ3v) is 4.82. The first-order chi connectivity index (χ1) is 12.4. The van der Waals surface area contributed by atoms with Gasteiger partial charge in [0.05, 0.1) is 0 Å². The highest BCUT2D eigenvalue weighted by Gasteiger charge is 2.38. The van der Waals surface area contributed by atoms with Gasteiger partial charge in [-0.15, -0.1) is 0 Å². The van der Waals surface area contributed by atoms with Crippen molar-refractivity contribution in [2.24, 2.45) is 11.7 Å². The van der Waals surface area contributed by atoms with E-state index < -0.39 is 24.0 Å². The van der Waals surface area contributed by atoms with Gasteiger partial charge in [0.15, 0.2) is 0 Å². The van der Waals surface area contributed by atoms with E-state index in [0.29, 0.717) is 6.42 Å². The van der Waals surface area contributed by atoms with Crippen LogP contribution < -0.4 is 11.1 Å². The fraction of sp³-hybridized carbons (Fsp3) is 0.333. The second-order valence-corrected chi connectivity index (χ2v) is 7.19. The van der Waals surface area contributed by atoms with Gasteiger partial charge in [-0.2, -0.15) is 0 Å². The zero-order valence-corrected chi connectivity index (χ0v) is 15.0.